The van der Waals surface area contributed by atoms with E-state index in [2.05, 4.69) is 10.6 Å². The molecule has 1 heterocycles. The van der Waals surface area contributed by atoms with Crippen molar-refractivity contribution in [1.82, 2.24) is 15.5 Å². The Bertz CT molecular complexity index is 706. The van der Waals surface area contributed by atoms with Gasteiger partial charge in [-0.05, 0) is 17.7 Å². The van der Waals surface area contributed by atoms with Gasteiger partial charge in [-0.3, -0.25) is 4.79 Å². The third-order valence-electron chi connectivity index (χ3n) is 3.79. The summed E-state index contributed by atoms with van der Waals surface area (Å²) in [4.78, 5) is 25.8. The monoisotopic (exact) mass is 357 g/mol. The van der Waals surface area contributed by atoms with Gasteiger partial charge < -0.3 is 15.5 Å². The smallest absolute Gasteiger partial charge is 0.318 e. The maximum absolute atomic E-state index is 13.1. The first-order valence-electron chi connectivity index (χ1n) is 7.62. The standard InChI is InChI=1S/C15H20FN3O4S/c1-2-24(22,23)10-8-18-15(21)19-9-7-17-14(20)13(19)11-3-5-12(16)6-4-11/h3-6,13H,2,7-10H2,1H3,(H,17,20)(H,18,21)/t13-/m1/s1. The maximum atomic E-state index is 13.1. The summed E-state index contributed by atoms with van der Waals surface area (Å²) >= 11 is 0. The van der Waals surface area contributed by atoms with E-state index in [1.807, 2.05) is 0 Å². The zero-order valence-electron chi connectivity index (χ0n) is 13.3. The summed E-state index contributed by atoms with van der Waals surface area (Å²) in [5.41, 5.74) is 0.491. The van der Waals surface area contributed by atoms with Gasteiger partial charge in [0.1, 0.15) is 11.9 Å². The van der Waals surface area contributed by atoms with Crippen molar-refractivity contribution < 1.29 is 22.4 Å². The van der Waals surface area contributed by atoms with Crippen molar-refractivity contribution >= 4 is 21.8 Å². The van der Waals surface area contributed by atoms with E-state index in [1.165, 1.54) is 36.1 Å². The summed E-state index contributed by atoms with van der Waals surface area (Å²) in [5, 5.41) is 5.20. The first kappa shape index (κ1) is 18.2. The highest BCUT2D eigenvalue weighted by Gasteiger charge is 2.34. The van der Waals surface area contributed by atoms with Crippen LogP contribution in [-0.4, -0.2) is 56.4 Å². The molecule has 132 valence electrons. The van der Waals surface area contributed by atoms with Crippen LogP contribution in [0.15, 0.2) is 24.3 Å². The Hall–Kier alpha value is -2.16. The lowest BCUT2D eigenvalue weighted by Gasteiger charge is -2.35. The molecule has 1 aliphatic heterocycles. The number of halogens is 1. The van der Waals surface area contributed by atoms with E-state index in [4.69, 9.17) is 0 Å². The van der Waals surface area contributed by atoms with Crippen LogP contribution in [-0.2, 0) is 14.6 Å². The fourth-order valence-corrected chi connectivity index (χ4v) is 3.12. The maximum Gasteiger partial charge on any atom is 0.318 e. The number of carbonyl (C=O) groups excluding carboxylic acids is 2. The van der Waals surface area contributed by atoms with Crippen molar-refractivity contribution in [3.63, 3.8) is 0 Å². The van der Waals surface area contributed by atoms with Gasteiger partial charge in [0.05, 0.1) is 5.75 Å². The zero-order chi connectivity index (χ0) is 17.7. The number of benzene rings is 1. The summed E-state index contributed by atoms with van der Waals surface area (Å²) in [5.74, 6) is -0.941. The zero-order valence-corrected chi connectivity index (χ0v) is 14.1. The summed E-state index contributed by atoms with van der Waals surface area (Å²) in [7, 11) is -3.18. The molecule has 0 spiro atoms. The molecule has 3 amide bonds. The predicted octanol–water partition coefficient (Wildman–Crippen LogP) is 0.443. The average molecular weight is 357 g/mol. The number of carbonyl (C=O) groups is 2. The average Bonchev–Trinajstić information content (AvgIpc) is 2.55. The molecule has 2 rings (SSSR count). The summed E-state index contributed by atoms with van der Waals surface area (Å²) in [6.45, 7) is 2.09. The van der Waals surface area contributed by atoms with Crippen LogP contribution < -0.4 is 10.6 Å². The number of hydrogen-bond acceptors (Lipinski definition) is 4. The van der Waals surface area contributed by atoms with Gasteiger partial charge in [-0.15, -0.1) is 0 Å². The fraction of sp³-hybridized carbons (Fsp3) is 0.467. The summed E-state index contributed by atoms with van der Waals surface area (Å²) in [6, 6.07) is 3.95. The molecule has 0 bridgehead atoms. The summed E-state index contributed by atoms with van der Waals surface area (Å²) in [6.07, 6.45) is 0. The highest BCUT2D eigenvalue weighted by molar-refractivity contribution is 7.91. The number of nitrogens with one attached hydrogen (secondary N) is 2. The third-order valence-corrected chi connectivity index (χ3v) is 5.49. The second kappa shape index (κ2) is 7.61. The van der Waals surface area contributed by atoms with Gasteiger partial charge in [-0.25, -0.2) is 17.6 Å². The normalized spacial score (nSPS) is 18.2. The topological polar surface area (TPSA) is 95.6 Å². The van der Waals surface area contributed by atoms with Gasteiger partial charge >= 0.3 is 6.03 Å². The lowest BCUT2D eigenvalue weighted by Crippen LogP contribution is -2.55. The SMILES string of the molecule is CCS(=O)(=O)CCNC(=O)N1CCNC(=O)[C@H]1c1ccc(F)cc1. The Morgan fingerprint density at radius 2 is 2.04 bits per heavy atom. The molecule has 0 aliphatic carbocycles. The molecule has 7 nitrogen and oxygen atoms in total. The van der Waals surface area contributed by atoms with Crippen molar-refractivity contribution in [2.45, 2.75) is 13.0 Å². The molecule has 1 fully saturated rings. The molecule has 0 saturated carbocycles. The van der Waals surface area contributed by atoms with Gasteiger partial charge in [0.2, 0.25) is 5.91 Å². The van der Waals surface area contributed by atoms with Crippen molar-refractivity contribution in [3.8, 4) is 0 Å². The Morgan fingerprint density at radius 3 is 2.67 bits per heavy atom. The first-order valence-corrected chi connectivity index (χ1v) is 9.44. The van der Waals surface area contributed by atoms with Crippen molar-refractivity contribution in [3.05, 3.63) is 35.6 Å². The molecule has 0 aromatic heterocycles. The van der Waals surface area contributed by atoms with Crippen LogP contribution in [0.2, 0.25) is 0 Å². The molecule has 1 atom stereocenters. The first-order chi connectivity index (χ1) is 11.3. The molecular formula is C15H20FN3O4S. The molecule has 1 aromatic carbocycles. The van der Waals surface area contributed by atoms with Crippen molar-refractivity contribution in [2.75, 3.05) is 31.1 Å². The number of amides is 3. The second-order valence-electron chi connectivity index (χ2n) is 5.41. The van der Waals surface area contributed by atoms with Gasteiger partial charge in [0.25, 0.3) is 0 Å². The summed E-state index contributed by atoms with van der Waals surface area (Å²) < 4.78 is 36.0. The molecular weight excluding hydrogens is 337 g/mol. The van der Waals surface area contributed by atoms with Gasteiger partial charge in [-0.2, -0.15) is 0 Å². The minimum Gasteiger partial charge on any atom is -0.352 e. The highest BCUT2D eigenvalue weighted by atomic mass is 32.2. The van der Waals surface area contributed by atoms with Crippen LogP contribution in [0, 0.1) is 5.82 Å². The lowest BCUT2D eigenvalue weighted by atomic mass is 10.0. The van der Waals surface area contributed by atoms with E-state index < -0.39 is 27.7 Å². The van der Waals surface area contributed by atoms with E-state index in [0.717, 1.165) is 0 Å². The van der Waals surface area contributed by atoms with Crippen LogP contribution in [0.4, 0.5) is 9.18 Å². The van der Waals surface area contributed by atoms with E-state index >= 15 is 0 Å². The van der Waals surface area contributed by atoms with Crippen LogP contribution in [0.1, 0.15) is 18.5 Å². The number of sulfone groups is 1. The Morgan fingerprint density at radius 1 is 1.38 bits per heavy atom. The molecule has 1 aliphatic rings. The predicted molar refractivity (Wildman–Crippen MR) is 86.6 cm³/mol. The largest absolute Gasteiger partial charge is 0.352 e. The molecule has 24 heavy (non-hydrogen) atoms. The van der Waals surface area contributed by atoms with E-state index in [0.29, 0.717) is 12.1 Å². The van der Waals surface area contributed by atoms with Crippen LogP contribution >= 0.6 is 0 Å². The number of piperazine rings is 1. The van der Waals surface area contributed by atoms with Gasteiger partial charge in [0.15, 0.2) is 9.84 Å². The second-order valence-corrected chi connectivity index (χ2v) is 7.88. The number of hydrogen-bond donors (Lipinski definition) is 2. The Labute approximate surface area is 140 Å². The Balaban J connectivity index is 2.09. The van der Waals surface area contributed by atoms with E-state index in [1.54, 1.807) is 0 Å². The minimum atomic E-state index is -3.18. The number of nitrogens with zero attached hydrogens (tertiary/aromatic N) is 1. The van der Waals surface area contributed by atoms with Crippen LogP contribution in [0.5, 0.6) is 0 Å². The number of urea groups is 1. The van der Waals surface area contributed by atoms with Gasteiger partial charge in [-0.1, -0.05) is 19.1 Å². The number of rotatable bonds is 5. The lowest BCUT2D eigenvalue weighted by molar-refractivity contribution is -0.127. The van der Waals surface area contributed by atoms with Crippen molar-refractivity contribution in [2.24, 2.45) is 0 Å². The quantitative estimate of drug-likeness (QED) is 0.799. The van der Waals surface area contributed by atoms with Crippen LogP contribution in [0.25, 0.3) is 0 Å². The molecule has 2 N–H and O–H groups in total. The van der Waals surface area contributed by atoms with Crippen molar-refractivity contribution in [1.29, 1.82) is 0 Å². The molecule has 9 heteroatoms. The fourth-order valence-electron chi connectivity index (χ4n) is 2.42. The van der Waals surface area contributed by atoms with Gasteiger partial charge in [0, 0.05) is 25.4 Å². The molecule has 1 saturated heterocycles. The molecule has 0 radical (unpaired) electrons. The molecule has 0 unspecified atom stereocenters. The van der Waals surface area contributed by atoms with E-state index in [-0.39, 0.29) is 30.5 Å². The minimum absolute atomic E-state index is 0.00714. The third kappa shape index (κ3) is 4.44. The Kier molecular flexibility index (Phi) is 5.76. The van der Waals surface area contributed by atoms with E-state index in [9.17, 15) is 22.4 Å². The molecule has 1 aromatic rings. The highest BCUT2D eigenvalue weighted by Crippen LogP contribution is 2.23. The van der Waals surface area contributed by atoms with Crippen LogP contribution in [0.3, 0.4) is 0 Å².